The second-order valence-corrected chi connectivity index (χ2v) is 7.04. The highest BCUT2D eigenvalue weighted by molar-refractivity contribution is 5.81. The molecule has 1 amide bonds. The van der Waals surface area contributed by atoms with Crippen molar-refractivity contribution in [2.24, 2.45) is 0 Å². The van der Waals surface area contributed by atoms with Crippen LogP contribution in [-0.2, 0) is 17.6 Å². The molecule has 0 saturated heterocycles. The molecule has 132 valence electrons. The zero-order chi connectivity index (χ0) is 17.8. The van der Waals surface area contributed by atoms with Gasteiger partial charge in [0, 0.05) is 0 Å². The highest BCUT2D eigenvalue weighted by Gasteiger charge is 2.18. The van der Waals surface area contributed by atoms with Crippen molar-refractivity contribution in [3.8, 4) is 5.75 Å². The molecule has 1 aliphatic carbocycles. The van der Waals surface area contributed by atoms with Crippen LogP contribution in [0.25, 0.3) is 0 Å². The number of nitrogens with one attached hydrogen (secondary N) is 1. The zero-order valence-corrected chi connectivity index (χ0v) is 15.3. The van der Waals surface area contributed by atoms with Gasteiger partial charge in [0.2, 0.25) is 0 Å². The molecule has 0 aliphatic heterocycles. The van der Waals surface area contributed by atoms with Crippen LogP contribution in [0.2, 0.25) is 0 Å². The monoisotopic (exact) mass is 337 g/mol. The van der Waals surface area contributed by atoms with Crippen LogP contribution in [0.15, 0.2) is 42.5 Å². The first-order valence-corrected chi connectivity index (χ1v) is 9.18. The van der Waals surface area contributed by atoms with Crippen LogP contribution in [0.4, 0.5) is 0 Å². The van der Waals surface area contributed by atoms with Crippen LogP contribution in [0.1, 0.15) is 55.0 Å². The predicted molar refractivity (Wildman–Crippen MR) is 101 cm³/mol. The fraction of sp³-hybridized carbons (Fsp3) is 0.409. The number of hydrogen-bond acceptors (Lipinski definition) is 2. The molecule has 0 bridgehead atoms. The minimum atomic E-state index is -0.519. The Morgan fingerprint density at radius 1 is 1.00 bits per heavy atom. The van der Waals surface area contributed by atoms with E-state index in [-0.39, 0.29) is 11.9 Å². The Kier molecular flexibility index (Phi) is 5.42. The van der Waals surface area contributed by atoms with Crippen molar-refractivity contribution in [1.82, 2.24) is 5.32 Å². The van der Waals surface area contributed by atoms with Crippen molar-refractivity contribution in [1.29, 1.82) is 0 Å². The van der Waals surface area contributed by atoms with Gasteiger partial charge in [-0.3, -0.25) is 4.79 Å². The van der Waals surface area contributed by atoms with Crippen molar-refractivity contribution < 1.29 is 9.53 Å². The molecular weight excluding hydrogens is 310 g/mol. The van der Waals surface area contributed by atoms with Crippen LogP contribution in [0.5, 0.6) is 5.75 Å². The maximum atomic E-state index is 12.5. The van der Waals surface area contributed by atoms with Crippen LogP contribution in [0.3, 0.4) is 0 Å². The number of hydrogen-bond donors (Lipinski definition) is 1. The Balaban J connectivity index is 1.59. The molecule has 0 unspecified atom stereocenters. The predicted octanol–water partition coefficient (Wildman–Crippen LogP) is 4.52. The van der Waals surface area contributed by atoms with Gasteiger partial charge in [0.05, 0.1) is 6.04 Å². The van der Waals surface area contributed by atoms with Gasteiger partial charge < -0.3 is 10.1 Å². The molecule has 1 aliphatic rings. The van der Waals surface area contributed by atoms with E-state index in [1.165, 1.54) is 29.5 Å². The lowest BCUT2D eigenvalue weighted by atomic mass is 9.92. The van der Waals surface area contributed by atoms with E-state index in [1.54, 1.807) is 6.92 Å². The molecular formula is C22H27NO2. The zero-order valence-electron chi connectivity index (χ0n) is 15.3. The third-order valence-corrected chi connectivity index (χ3v) is 4.94. The summed E-state index contributed by atoms with van der Waals surface area (Å²) >= 11 is 0. The van der Waals surface area contributed by atoms with Gasteiger partial charge >= 0.3 is 0 Å². The van der Waals surface area contributed by atoms with Crippen molar-refractivity contribution in [3.63, 3.8) is 0 Å². The van der Waals surface area contributed by atoms with E-state index >= 15 is 0 Å². The summed E-state index contributed by atoms with van der Waals surface area (Å²) in [4.78, 5) is 12.5. The minimum Gasteiger partial charge on any atom is -0.481 e. The van der Waals surface area contributed by atoms with E-state index in [0.717, 1.165) is 24.2 Å². The standard InChI is InChI=1S/C22H27NO2/c1-15-8-10-18(11-9-15)16(2)23-22(24)17(3)25-21-13-12-19-6-4-5-7-20(19)14-21/h8-14,16-17H,4-7H2,1-3H3,(H,23,24)/t16-,17-/m1/s1. The first-order valence-electron chi connectivity index (χ1n) is 9.18. The Morgan fingerprint density at radius 2 is 1.68 bits per heavy atom. The number of ether oxygens (including phenoxy) is 1. The number of benzene rings is 2. The highest BCUT2D eigenvalue weighted by Crippen LogP contribution is 2.26. The maximum Gasteiger partial charge on any atom is 0.261 e. The Morgan fingerprint density at radius 3 is 2.40 bits per heavy atom. The van der Waals surface area contributed by atoms with Gasteiger partial charge in [-0.15, -0.1) is 0 Å². The number of carbonyl (C=O) groups excluding carboxylic acids is 1. The van der Waals surface area contributed by atoms with Crippen molar-refractivity contribution in [2.45, 2.75) is 58.6 Å². The average Bonchev–Trinajstić information content (AvgIpc) is 2.62. The van der Waals surface area contributed by atoms with Gasteiger partial charge in [-0.2, -0.15) is 0 Å². The van der Waals surface area contributed by atoms with Crippen molar-refractivity contribution >= 4 is 5.91 Å². The molecule has 3 rings (SSSR count). The van der Waals surface area contributed by atoms with E-state index < -0.39 is 6.10 Å². The average molecular weight is 337 g/mol. The third-order valence-electron chi connectivity index (χ3n) is 4.94. The Bertz CT molecular complexity index is 736. The van der Waals surface area contributed by atoms with E-state index in [0.29, 0.717) is 0 Å². The summed E-state index contributed by atoms with van der Waals surface area (Å²) in [5.74, 6) is 0.692. The van der Waals surface area contributed by atoms with Gasteiger partial charge in [-0.05, 0) is 75.3 Å². The van der Waals surface area contributed by atoms with E-state index in [2.05, 4.69) is 48.6 Å². The van der Waals surface area contributed by atoms with Gasteiger partial charge in [-0.1, -0.05) is 35.9 Å². The van der Waals surface area contributed by atoms with Gasteiger partial charge in [0.15, 0.2) is 6.10 Å². The summed E-state index contributed by atoms with van der Waals surface area (Å²) in [5.41, 5.74) is 5.10. The Hall–Kier alpha value is -2.29. The fourth-order valence-corrected chi connectivity index (χ4v) is 3.31. The van der Waals surface area contributed by atoms with Gasteiger partial charge in [0.25, 0.3) is 5.91 Å². The Labute approximate surface area is 150 Å². The number of amides is 1. The molecule has 2 atom stereocenters. The molecule has 3 nitrogen and oxygen atoms in total. The van der Waals surface area contributed by atoms with Crippen molar-refractivity contribution in [3.05, 3.63) is 64.7 Å². The summed E-state index contributed by atoms with van der Waals surface area (Å²) in [5, 5.41) is 3.03. The summed E-state index contributed by atoms with van der Waals surface area (Å²) in [6.07, 6.45) is 4.25. The SMILES string of the molecule is Cc1ccc([C@@H](C)NC(=O)[C@@H](C)Oc2ccc3c(c2)CCCC3)cc1. The molecule has 0 saturated carbocycles. The van der Waals surface area contributed by atoms with Gasteiger partial charge in [-0.25, -0.2) is 0 Å². The van der Waals surface area contributed by atoms with Crippen molar-refractivity contribution in [2.75, 3.05) is 0 Å². The lowest BCUT2D eigenvalue weighted by Gasteiger charge is -2.21. The summed E-state index contributed by atoms with van der Waals surface area (Å²) in [6.45, 7) is 5.85. The number of carbonyl (C=O) groups is 1. The number of aryl methyl sites for hydroxylation is 3. The first kappa shape index (κ1) is 17.5. The largest absolute Gasteiger partial charge is 0.481 e. The van der Waals surface area contributed by atoms with E-state index in [1.807, 2.05) is 13.0 Å². The second-order valence-electron chi connectivity index (χ2n) is 7.04. The molecule has 0 fully saturated rings. The molecule has 0 spiro atoms. The lowest BCUT2D eigenvalue weighted by Crippen LogP contribution is -2.37. The molecule has 0 radical (unpaired) electrons. The number of fused-ring (bicyclic) bond motifs is 1. The molecule has 25 heavy (non-hydrogen) atoms. The second kappa shape index (κ2) is 7.73. The van der Waals surface area contributed by atoms with Crippen LogP contribution in [0, 0.1) is 6.92 Å². The molecule has 0 aromatic heterocycles. The van der Waals surface area contributed by atoms with Gasteiger partial charge in [0.1, 0.15) is 5.75 Å². The highest BCUT2D eigenvalue weighted by atomic mass is 16.5. The smallest absolute Gasteiger partial charge is 0.261 e. The van der Waals surface area contributed by atoms with Crippen LogP contribution >= 0.6 is 0 Å². The summed E-state index contributed by atoms with van der Waals surface area (Å²) in [7, 11) is 0. The molecule has 1 N–H and O–H groups in total. The molecule has 3 heteroatoms. The maximum absolute atomic E-state index is 12.5. The van der Waals surface area contributed by atoms with Crippen LogP contribution < -0.4 is 10.1 Å². The van der Waals surface area contributed by atoms with Crippen LogP contribution in [-0.4, -0.2) is 12.0 Å². The minimum absolute atomic E-state index is 0.0392. The lowest BCUT2D eigenvalue weighted by molar-refractivity contribution is -0.127. The summed E-state index contributed by atoms with van der Waals surface area (Å²) < 4.78 is 5.89. The first-order chi connectivity index (χ1) is 12.0. The fourth-order valence-electron chi connectivity index (χ4n) is 3.31. The molecule has 2 aromatic rings. The normalized spacial score (nSPS) is 15.8. The number of rotatable bonds is 5. The third kappa shape index (κ3) is 4.41. The molecule has 0 heterocycles. The molecule has 2 aromatic carbocycles. The topological polar surface area (TPSA) is 38.3 Å². The quantitative estimate of drug-likeness (QED) is 0.871. The van der Waals surface area contributed by atoms with E-state index in [4.69, 9.17) is 4.74 Å². The van der Waals surface area contributed by atoms with E-state index in [9.17, 15) is 4.79 Å². The summed E-state index contributed by atoms with van der Waals surface area (Å²) in [6, 6.07) is 14.4.